The Labute approximate surface area is 91.3 Å². The number of aromatic nitrogens is 1. The average Bonchev–Trinajstić information content (AvgIpc) is 2.23. The number of rotatable bonds is 1. The molecule has 1 aromatic rings. The highest BCUT2D eigenvalue weighted by atomic mass is 15.2. The van der Waals surface area contributed by atoms with Gasteiger partial charge in [-0.15, -0.1) is 0 Å². The van der Waals surface area contributed by atoms with Crippen molar-refractivity contribution in [3.63, 3.8) is 0 Å². The molecule has 2 heterocycles. The van der Waals surface area contributed by atoms with Gasteiger partial charge in [0.15, 0.2) is 5.82 Å². The number of pyridine rings is 1. The Morgan fingerprint density at radius 1 is 1.47 bits per heavy atom. The van der Waals surface area contributed by atoms with E-state index in [1.807, 2.05) is 18.3 Å². The molecule has 2 atom stereocenters. The van der Waals surface area contributed by atoms with Crippen molar-refractivity contribution in [1.82, 2.24) is 4.98 Å². The monoisotopic (exact) mass is 205 g/mol. The number of nitrogen functional groups attached to an aromatic ring is 1. The second-order valence-electron chi connectivity index (χ2n) is 4.47. The van der Waals surface area contributed by atoms with E-state index in [-0.39, 0.29) is 0 Å². The Morgan fingerprint density at radius 2 is 2.27 bits per heavy atom. The van der Waals surface area contributed by atoms with E-state index < -0.39 is 0 Å². The summed E-state index contributed by atoms with van der Waals surface area (Å²) in [7, 11) is 0. The Bertz CT molecular complexity index is 337. The molecule has 0 saturated carbocycles. The van der Waals surface area contributed by atoms with Crippen LogP contribution in [0.25, 0.3) is 0 Å². The van der Waals surface area contributed by atoms with Gasteiger partial charge in [-0.3, -0.25) is 0 Å². The average molecular weight is 205 g/mol. The normalized spacial score (nSPS) is 26.7. The fourth-order valence-electron chi connectivity index (χ4n) is 2.28. The Balaban J connectivity index is 2.26. The quantitative estimate of drug-likeness (QED) is 0.765. The van der Waals surface area contributed by atoms with Crippen molar-refractivity contribution in [2.45, 2.75) is 32.7 Å². The number of piperidine rings is 1. The molecular formula is C12H19N3. The summed E-state index contributed by atoms with van der Waals surface area (Å²) in [5.41, 5.74) is 6.75. The standard InChI is InChI=1S/C12H19N3/c1-9-5-4-8-15(10(9)2)12-11(13)6-3-7-14-12/h3,6-7,9-10H,4-5,8,13H2,1-2H3. The summed E-state index contributed by atoms with van der Waals surface area (Å²) in [5, 5.41) is 0. The first-order valence-corrected chi connectivity index (χ1v) is 5.67. The van der Waals surface area contributed by atoms with Gasteiger partial charge in [0.25, 0.3) is 0 Å². The number of hydrogen-bond donors (Lipinski definition) is 1. The van der Waals surface area contributed by atoms with Crippen LogP contribution in [0.1, 0.15) is 26.7 Å². The van der Waals surface area contributed by atoms with Crippen LogP contribution < -0.4 is 10.6 Å². The smallest absolute Gasteiger partial charge is 0.152 e. The van der Waals surface area contributed by atoms with Crippen molar-refractivity contribution in [1.29, 1.82) is 0 Å². The summed E-state index contributed by atoms with van der Waals surface area (Å²) in [5.74, 6) is 1.68. The van der Waals surface area contributed by atoms with Crippen LogP contribution in [0.5, 0.6) is 0 Å². The molecule has 2 N–H and O–H groups in total. The molecule has 0 bridgehead atoms. The molecule has 82 valence electrons. The summed E-state index contributed by atoms with van der Waals surface area (Å²) in [6.45, 7) is 5.64. The van der Waals surface area contributed by atoms with Crippen molar-refractivity contribution < 1.29 is 0 Å². The van der Waals surface area contributed by atoms with Gasteiger partial charge in [0.05, 0.1) is 5.69 Å². The van der Waals surface area contributed by atoms with E-state index in [1.54, 1.807) is 0 Å². The van der Waals surface area contributed by atoms with Crippen LogP contribution in [0.3, 0.4) is 0 Å². The molecule has 1 aliphatic heterocycles. The topological polar surface area (TPSA) is 42.2 Å². The lowest BCUT2D eigenvalue weighted by molar-refractivity contribution is 0.362. The zero-order chi connectivity index (χ0) is 10.8. The van der Waals surface area contributed by atoms with Crippen LogP contribution in [-0.2, 0) is 0 Å². The maximum absolute atomic E-state index is 5.95. The van der Waals surface area contributed by atoms with Crippen LogP contribution in [0, 0.1) is 5.92 Å². The maximum Gasteiger partial charge on any atom is 0.152 e. The largest absolute Gasteiger partial charge is 0.396 e. The van der Waals surface area contributed by atoms with Crippen LogP contribution in [0.2, 0.25) is 0 Å². The van der Waals surface area contributed by atoms with Crippen molar-refractivity contribution >= 4 is 11.5 Å². The molecule has 15 heavy (non-hydrogen) atoms. The van der Waals surface area contributed by atoms with E-state index in [9.17, 15) is 0 Å². The molecule has 3 nitrogen and oxygen atoms in total. The molecule has 3 heteroatoms. The lowest BCUT2D eigenvalue weighted by Gasteiger charge is -2.39. The fraction of sp³-hybridized carbons (Fsp3) is 0.583. The van der Waals surface area contributed by atoms with E-state index in [1.165, 1.54) is 12.8 Å². The van der Waals surface area contributed by atoms with E-state index in [0.717, 1.165) is 24.0 Å². The third-order valence-electron chi connectivity index (χ3n) is 3.46. The van der Waals surface area contributed by atoms with E-state index in [0.29, 0.717) is 6.04 Å². The minimum Gasteiger partial charge on any atom is -0.396 e. The highest BCUT2D eigenvalue weighted by Crippen LogP contribution is 2.29. The van der Waals surface area contributed by atoms with Gasteiger partial charge in [-0.2, -0.15) is 0 Å². The highest BCUT2D eigenvalue weighted by Gasteiger charge is 2.26. The van der Waals surface area contributed by atoms with Gasteiger partial charge in [0.2, 0.25) is 0 Å². The minimum atomic E-state index is 0.538. The van der Waals surface area contributed by atoms with Gasteiger partial charge < -0.3 is 10.6 Å². The lowest BCUT2D eigenvalue weighted by Crippen LogP contribution is -2.43. The molecule has 1 aliphatic rings. The first-order valence-electron chi connectivity index (χ1n) is 5.67. The third kappa shape index (κ3) is 1.91. The van der Waals surface area contributed by atoms with Gasteiger partial charge in [0, 0.05) is 18.8 Å². The fourth-order valence-corrected chi connectivity index (χ4v) is 2.28. The SMILES string of the molecule is CC1CCCN(c2ncccc2N)C1C. The summed E-state index contributed by atoms with van der Waals surface area (Å²) in [4.78, 5) is 6.72. The van der Waals surface area contributed by atoms with Crippen molar-refractivity contribution in [2.24, 2.45) is 5.92 Å². The zero-order valence-electron chi connectivity index (χ0n) is 9.48. The molecule has 0 aliphatic carbocycles. The van der Waals surface area contributed by atoms with Crippen LogP contribution >= 0.6 is 0 Å². The zero-order valence-corrected chi connectivity index (χ0v) is 9.48. The molecule has 0 spiro atoms. The van der Waals surface area contributed by atoms with Crippen LogP contribution in [-0.4, -0.2) is 17.6 Å². The van der Waals surface area contributed by atoms with Crippen molar-refractivity contribution in [3.05, 3.63) is 18.3 Å². The summed E-state index contributed by atoms with van der Waals surface area (Å²) in [6.07, 6.45) is 4.36. The molecular weight excluding hydrogens is 186 g/mol. The Kier molecular flexibility index (Phi) is 2.80. The van der Waals surface area contributed by atoms with Gasteiger partial charge in [-0.05, 0) is 37.8 Å². The highest BCUT2D eigenvalue weighted by molar-refractivity contribution is 5.62. The molecule has 1 saturated heterocycles. The molecule has 1 aromatic heterocycles. The summed E-state index contributed by atoms with van der Waals surface area (Å²) < 4.78 is 0. The molecule has 0 amide bonds. The predicted octanol–water partition coefficient (Wildman–Crippen LogP) is 2.29. The first-order chi connectivity index (χ1) is 7.20. The Hall–Kier alpha value is -1.25. The molecule has 0 aromatic carbocycles. The number of anilines is 2. The minimum absolute atomic E-state index is 0.538. The van der Waals surface area contributed by atoms with Crippen LogP contribution in [0.4, 0.5) is 11.5 Å². The second kappa shape index (κ2) is 4.09. The Morgan fingerprint density at radius 3 is 3.00 bits per heavy atom. The second-order valence-corrected chi connectivity index (χ2v) is 4.47. The van der Waals surface area contributed by atoms with Gasteiger partial charge >= 0.3 is 0 Å². The predicted molar refractivity (Wildman–Crippen MR) is 63.9 cm³/mol. The summed E-state index contributed by atoms with van der Waals surface area (Å²) in [6, 6.07) is 4.35. The van der Waals surface area contributed by atoms with Gasteiger partial charge in [0.1, 0.15) is 0 Å². The lowest BCUT2D eigenvalue weighted by atomic mass is 9.92. The van der Waals surface area contributed by atoms with Crippen molar-refractivity contribution in [3.8, 4) is 0 Å². The molecule has 0 radical (unpaired) electrons. The number of nitrogens with zero attached hydrogens (tertiary/aromatic N) is 2. The van der Waals surface area contributed by atoms with E-state index in [2.05, 4.69) is 23.7 Å². The molecule has 2 unspecified atom stereocenters. The maximum atomic E-state index is 5.95. The van der Waals surface area contributed by atoms with Gasteiger partial charge in [-0.1, -0.05) is 6.92 Å². The molecule has 1 fully saturated rings. The molecule has 2 rings (SSSR count). The summed E-state index contributed by atoms with van der Waals surface area (Å²) >= 11 is 0. The number of hydrogen-bond acceptors (Lipinski definition) is 3. The third-order valence-corrected chi connectivity index (χ3v) is 3.46. The van der Waals surface area contributed by atoms with Gasteiger partial charge in [-0.25, -0.2) is 4.98 Å². The van der Waals surface area contributed by atoms with Crippen molar-refractivity contribution in [2.75, 3.05) is 17.2 Å². The number of nitrogens with two attached hydrogens (primary N) is 1. The van der Waals surface area contributed by atoms with E-state index >= 15 is 0 Å². The van der Waals surface area contributed by atoms with E-state index in [4.69, 9.17) is 5.73 Å². The first kappa shape index (κ1) is 10.3. The van der Waals surface area contributed by atoms with Crippen LogP contribution in [0.15, 0.2) is 18.3 Å².